The summed E-state index contributed by atoms with van der Waals surface area (Å²) in [5.74, 6) is 1.11. The molecule has 1 aromatic carbocycles. The van der Waals surface area contributed by atoms with Gasteiger partial charge < -0.3 is 4.74 Å². The van der Waals surface area contributed by atoms with Crippen LogP contribution in [0.2, 0.25) is 0 Å². The van der Waals surface area contributed by atoms with Crippen molar-refractivity contribution in [1.82, 2.24) is 0 Å². The number of ether oxygens (including phenoxy) is 1. The van der Waals surface area contributed by atoms with E-state index in [0.29, 0.717) is 18.1 Å². The van der Waals surface area contributed by atoms with Gasteiger partial charge in [0.2, 0.25) is 0 Å². The van der Waals surface area contributed by atoms with E-state index in [4.69, 9.17) is 4.74 Å². The number of para-hydroxylation sites is 1. The molecule has 0 atom stereocenters. The Morgan fingerprint density at radius 3 is 2.64 bits per heavy atom. The van der Waals surface area contributed by atoms with Crippen molar-refractivity contribution in [2.24, 2.45) is 0 Å². The van der Waals surface area contributed by atoms with Crippen molar-refractivity contribution >= 4 is 6.29 Å². The molecule has 0 saturated carbocycles. The molecule has 1 rings (SSSR count). The van der Waals surface area contributed by atoms with Crippen LogP contribution in [0.15, 0.2) is 18.2 Å². The Hall–Kier alpha value is -1.31. The van der Waals surface area contributed by atoms with Crippen LogP contribution in [0.4, 0.5) is 0 Å². The van der Waals surface area contributed by atoms with Gasteiger partial charge in [0.1, 0.15) is 5.75 Å². The standard InChI is InChI=1S/C12H16O2/c1-4-14-12-10(8-13)6-5-7-11(12)9(2)3/h5-9H,4H2,1-3H3. The first-order valence-electron chi connectivity index (χ1n) is 4.91. The van der Waals surface area contributed by atoms with E-state index in [2.05, 4.69) is 13.8 Å². The first-order valence-corrected chi connectivity index (χ1v) is 4.91. The van der Waals surface area contributed by atoms with Gasteiger partial charge in [-0.1, -0.05) is 26.0 Å². The van der Waals surface area contributed by atoms with Crippen LogP contribution in [0.3, 0.4) is 0 Å². The molecule has 76 valence electrons. The van der Waals surface area contributed by atoms with E-state index in [-0.39, 0.29) is 0 Å². The predicted octanol–water partition coefficient (Wildman–Crippen LogP) is 3.02. The third-order valence-electron chi connectivity index (χ3n) is 2.11. The molecule has 0 aromatic heterocycles. The second kappa shape index (κ2) is 4.80. The van der Waals surface area contributed by atoms with Crippen molar-refractivity contribution in [2.75, 3.05) is 6.61 Å². The third kappa shape index (κ3) is 2.13. The summed E-state index contributed by atoms with van der Waals surface area (Å²) in [7, 11) is 0. The Kier molecular flexibility index (Phi) is 3.69. The number of carbonyl (C=O) groups excluding carboxylic acids is 1. The lowest BCUT2D eigenvalue weighted by atomic mass is 9.99. The predicted molar refractivity (Wildman–Crippen MR) is 57.1 cm³/mol. The summed E-state index contributed by atoms with van der Waals surface area (Å²) in [5, 5.41) is 0. The van der Waals surface area contributed by atoms with Crippen LogP contribution in [0, 0.1) is 0 Å². The number of aldehydes is 1. The van der Waals surface area contributed by atoms with E-state index in [0.717, 1.165) is 17.6 Å². The van der Waals surface area contributed by atoms with E-state index in [9.17, 15) is 4.79 Å². The second-order valence-electron chi connectivity index (χ2n) is 3.47. The van der Waals surface area contributed by atoms with E-state index < -0.39 is 0 Å². The van der Waals surface area contributed by atoms with Crippen LogP contribution in [-0.4, -0.2) is 12.9 Å². The van der Waals surface area contributed by atoms with Crippen LogP contribution in [0.5, 0.6) is 5.75 Å². The van der Waals surface area contributed by atoms with Crippen molar-refractivity contribution in [3.63, 3.8) is 0 Å². The van der Waals surface area contributed by atoms with Gasteiger partial charge in [0.05, 0.1) is 12.2 Å². The summed E-state index contributed by atoms with van der Waals surface area (Å²) in [6.45, 7) is 6.69. The molecule has 0 N–H and O–H groups in total. The van der Waals surface area contributed by atoms with Gasteiger partial charge in [-0.15, -0.1) is 0 Å². The van der Waals surface area contributed by atoms with E-state index in [1.165, 1.54) is 0 Å². The minimum absolute atomic E-state index is 0.372. The lowest BCUT2D eigenvalue weighted by Crippen LogP contribution is -2.01. The first kappa shape index (κ1) is 10.8. The van der Waals surface area contributed by atoms with Crippen LogP contribution >= 0.6 is 0 Å². The molecule has 0 fully saturated rings. The average molecular weight is 192 g/mol. The largest absolute Gasteiger partial charge is 0.493 e. The highest BCUT2D eigenvalue weighted by atomic mass is 16.5. The van der Waals surface area contributed by atoms with Crippen molar-refractivity contribution < 1.29 is 9.53 Å². The fourth-order valence-electron chi connectivity index (χ4n) is 1.43. The van der Waals surface area contributed by atoms with Crippen LogP contribution < -0.4 is 4.74 Å². The fourth-order valence-corrected chi connectivity index (χ4v) is 1.43. The highest BCUT2D eigenvalue weighted by molar-refractivity contribution is 5.80. The molecular weight excluding hydrogens is 176 g/mol. The summed E-state index contributed by atoms with van der Waals surface area (Å²) in [6.07, 6.45) is 0.844. The maximum atomic E-state index is 10.8. The van der Waals surface area contributed by atoms with Crippen LogP contribution in [0.25, 0.3) is 0 Å². The average Bonchev–Trinajstić information content (AvgIpc) is 2.18. The zero-order chi connectivity index (χ0) is 10.6. The maximum Gasteiger partial charge on any atom is 0.153 e. The lowest BCUT2D eigenvalue weighted by Gasteiger charge is -2.14. The number of hydrogen-bond donors (Lipinski definition) is 0. The number of hydrogen-bond acceptors (Lipinski definition) is 2. The van der Waals surface area contributed by atoms with Crippen molar-refractivity contribution in [3.8, 4) is 5.75 Å². The summed E-state index contributed by atoms with van der Waals surface area (Å²) >= 11 is 0. The topological polar surface area (TPSA) is 26.3 Å². The van der Waals surface area contributed by atoms with Gasteiger partial charge in [0, 0.05) is 0 Å². The number of benzene rings is 1. The zero-order valence-electron chi connectivity index (χ0n) is 8.91. The van der Waals surface area contributed by atoms with Crippen molar-refractivity contribution in [2.45, 2.75) is 26.7 Å². The molecule has 14 heavy (non-hydrogen) atoms. The third-order valence-corrected chi connectivity index (χ3v) is 2.11. The Morgan fingerprint density at radius 1 is 1.43 bits per heavy atom. The van der Waals surface area contributed by atoms with Gasteiger partial charge in [-0.3, -0.25) is 4.79 Å². The zero-order valence-corrected chi connectivity index (χ0v) is 8.91. The van der Waals surface area contributed by atoms with Crippen molar-refractivity contribution in [3.05, 3.63) is 29.3 Å². The van der Waals surface area contributed by atoms with Gasteiger partial charge in [0.15, 0.2) is 6.29 Å². The second-order valence-corrected chi connectivity index (χ2v) is 3.47. The minimum Gasteiger partial charge on any atom is -0.493 e. The number of rotatable bonds is 4. The monoisotopic (exact) mass is 192 g/mol. The Bertz CT molecular complexity index is 316. The fraction of sp³-hybridized carbons (Fsp3) is 0.417. The molecule has 0 heterocycles. The highest BCUT2D eigenvalue weighted by Crippen LogP contribution is 2.29. The molecular formula is C12H16O2. The van der Waals surface area contributed by atoms with E-state index in [1.54, 1.807) is 6.07 Å². The van der Waals surface area contributed by atoms with Crippen molar-refractivity contribution in [1.29, 1.82) is 0 Å². The summed E-state index contributed by atoms with van der Waals surface area (Å²) in [4.78, 5) is 10.8. The SMILES string of the molecule is CCOc1c(C=O)cccc1C(C)C. The van der Waals surface area contributed by atoms with Gasteiger partial charge >= 0.3 is 0 Å². The molecule has 0 bridgehead atoms. The molecule has 0 spiro atoms. The summed E-state index contributed by atoms with van der Waals surface area (Å²) < 4.78 is 5.49. The van der Waals surface area contributed by atoms with Gasteiger partial charge in [-0.2, -0.15) is 0 Å². The maximum absolute atomic E-state index is 10.8. The summed E-state index contributed by atoms with van der Waals surface area (Å²) in [6, 6.07) is 5.67. The molecule has 0 saturated heterocycles. The molecule has 0 unspecified atom stereocenters. The smallest absolute Gasteiger partial charge is 0.153 e. The summed E-state index contributed by atoms with van der Waals surface area (Å²) in [5.41, 5.74) is 1.73. The van der Waals surface area contributed by atoms with Gasteiger partial charge in [-0.25, -0.2) is 0 Å². The number of carbonyl (C=O) groups is 1. The Morgan fingerprint density at radius 2 is 2.14 bits per heavy atom. The normalized spacial score (nSPS) is 10.3. The molecule has 1 aromatic rings. The molecule has 0 aliphatic carbocycles. The molecule has 2 nitrogen and oxygen atoms in total. The molecule has 2 heteroatoms. The van der Waals surface area contributed by atoms with Gasteiger partial charge in [0.25, 0.3) is 0 Å². The highest BCUT2D eigenvalue weighted by Gasteiger charge is 2.11. The van der Waals surface area contributed by atoms with Crippen LogP contribution in [0.1, 0.15) is 42.6 Å². The first-order chi connectivity index (χ1) is 6.70. The molecule has 0 aliphatic rings. The van der Waals surface area contributed by atoms with E-state index in [1.807, 2.05) is 19.1 Å². The molecule has 0 aliphatic heterocycles. The minimum atomic E-state index is 0.372. The lowest BCUT2D eigenvalue weighted by molar-refractivity contribution is 0.111. The Labute approximate surface area is 84.9 Å². The molecule has 0 amide bonds. The van der Waals surface area contributed by atoms with Gasteiger partial charge in [-0.05, 0) is 24.5 Å². The van der Waals surface area contributed by atoms with E-state index >= 15 is 0 Å². The quantitative estimate of drug-likeness (QED) is 0.685. The van der Waals surface area contributed by atoms with Crippen LogP contribution in [-0.2, 0) is 0 Å². The Balaban J connectivity index is 3.20. The molecule has 0 radical (unpaired) electrons.